The summed E-state index contributed by atoms with van der Waals surface area (Å²) < 4.78 is 0. The van der Waals surface area contributed by atoms with Gasteiger partial charge in [-0.2, -0.15) is 0 Å². The van der Waals surface area contributed by atoms with Crippen molar-refractivity contribution in [3.63, 3.8) is 0 Å². The predicted octanol–water partition coefficient (Wildman–Crippen LogP) is 4.85. The van der Waals surface area contributed by atoms with E-state index < -0.39 is 0 Å². The van der Waals surface area contributed by atoms with E-state index in [-0.39, 0.29) is 29.8 Å². The maximum absolute atomic E-state index is 13.6. The number of benzene rings is 3. The number of carbonyl (C=O) groups is 2. The molecule has 2 amide bonds. The highest BCUT2D eigenvalue weighted by Crippen LogP contribution is 2.27. The second kappa shape index (κ2) is 13.8. The van der Waals surface area contributed by atoms with Crippen molar-refractivity contribution in [3.05, 3.63) is 106 Å². The van der Waals surface area contributed by atoms with Crippen molar-refractivity contribution in [1.29, 1.82) is 0 Å². The molecule has 1 heterocycles. The van der Waals surface area contributed by atoms with Crippen LogP contribution in [0.15, 0.2) is 78.9 Å². The van der Waals surface area contributed by atoms with E-state index in [1.165, 1.54) is 11.1 Å². The van der Waals surface area contributed by atoms with Gasteiger partial charge in [0.1, 0.15) is 0 Å². The molecule has 8 heteroatoms. The van der Waals surface area contributed by atoms with Crippen molar-refractivity contribution >= 4 is 35.0 Å². The van der Waals surface area contributed by atoms with Crippen molar-refractivity contribution < 1.29 is 9.59 Å². The van der Waals surface area contributed by atoms with Crippen LogP contribution in [-0.2, 0) is 4.79 Å². The van der Waals surface area contributed by atoms with Crippen LogP contribution >= 0.6 is 23.2 Å². The SMILES string of the molecule is NCC[C@@H]1N[C@H](CCNC(=O)c2ccc(Cl)c(Cl)c2)CCN(CC(c2ccccc2)c2ccccc2)C1=O. The molecule has 200 valence electrons. The first-order valence-electron chi connectivity index (χ1n) is 13.0. The Labute approximate surface area is 234 Å². The van der Waals surface area contributed by atoms with Gasteiger partial charge in [-0.1, -0.05) is 83.9 Å². The van der Waals surface area contributed by atoms with Crippen LogP contribution in [0, 0.1) is 0 Å². The average molecular weight is 554 g/mol. The lowest BCUT2D eigenvalue weighted by Gasteiger charge is -2.29. The Balaban J connectivity index is 1.42. The molecule has 0 aliphatic carbocycles. The van der Waals surface area contributed by atoms with Crippen LogP contribution in [0.2, 0.25) is 10.0 Å². The van der Waals surface area contributed by atoms with Gasteiger partial charge in [0.2, 0.25) is 5.91 Å². The number of hydrogen-bond acceptors (Lipinski definition) is 4. The molecule has 1 fully saturated rings. The molecule has 2 atom stereocenters. The van der Waals surface area contributed by atoms with Crippen LogP contribution in [-0.4, -0.2) is 55.0 Å². The first kappa shape index (κ1) is 28.1. The molecule has 0 unspecified atom stereocenters. The molecular weight excluding hydrogens is 519 g/mol. The summed E-state index contributed by atoms with van der Waals surface area (Å²) in [6.45, 7) is 2.11. The van der Waals surface area contributed by atoms with Crippen molar-refractivity contribution in [2.24, 2.45) is 5.73 Å². The fourth-order valence-corrected chi connectivity index (χ4v) is 5.26. The van der Waals surface area contributed by atoms with Gasteiger partial charge in [-0.25, -0.2) is 0 Å². The Bertz CT molecular complexity index is 1170. The molecule has 1 aliphatic heterocycles. The average Bonchev–Trinajstić information content (AvgIpc) is 3.08. The highest BCUT2D eigenvalue weighted by Gasteiger charge is 2.32. The number of nitrogens with one attached hydrogen (secondary N) is 2. The van der Waals surface area contributed by atoms with Gasteiger partial charge in [-0.3, -0.25) is 9.59 Å². The standard InChI is InChI=1S/C30H34Cl2N4O2/c31-26-12-11-23(19-27(26)32)29(37)34-17-14-24-15-18-36(30(38)28(35-24)13-16-33)20-25(21-7-3-1-4-8-21)22-9-5-2-6-10-22/h1-12,19,24-25,28,35H,13-18,20,33H2,(H,34,37)/t24-,28+/m1/s1. The molecule has 0 bridgehead atoms. The Kier molecular flexibility index (Phi) is 10.2. The van der Waals surface area contributed by atoms with Crippen LogP contribution in [0.5, 0.6) is 0 Å². The van der Waals surface area contributed by atoms with E-state index in [0.717, 1.165) is 6.42 Å². The van der Waals surface area contributed by atoms with Crippen LogP contribution in [0.3, 0.4) is 0 Å². The normalized spacial score (nSPS) is 17.9. The molecule has 0 radical (unpaired) electrons. The molecular formula is C30H34Cl2N4O2. The summed E-state index contributed by atoms with van der Waals surface area (Å²) in [6.07, 6.45) is 2.03. The molecule has 4 rings (SSSR count). The van der Waals surface area contributed by atoms with Gasteiger partial charge in [-0.15, -0.1) is 0 Å². The molecule has 1 saturated heterocycles. The number of amides is 2. The third kappa shape index (κ3) is 7.35. The first-order chi connectivity index (χ1) is 18.5. The highest BCUT2D eigenvalue weighted by atomic mass is 35.5. The van der Waals surface area contributed by atoms with Crippen LogP contribution in [0.1, 0.15) is 46.7 Å². The second-order valence-electron chi connectivity index (χ2n) is 9.61. The Morgan fingerprint density at radius 2 is 1.63 bits per heavy atom. The van der Waals surface area contributed by atoms with E-state index in [1.54, 1.807) is 18.2 Å². The van der Waals surface area contributed by atoms with Gasteiger partial charge < -0.3 is 21.3 Å². The summed E-state index contributed by atoms with van der Waals surface area (Å²) in [4.78, 5) is 28.2. The lowest BCUT2D eigenvalue weighted by Crippen LogP contribution is -2.48. The van der Waals surface area contributed by atoms with E-state index in [2.05, 4.69) is 34.9 Å². The maximum atomic E-state index is 13.6. The zero-order chi connectivity index (χ0) is 26.9. The molecule has 3 aromatic rings. The maximum Gasteiger partial charge on any atom is 0.251 e. The lowest BCUT2D eigenvalue weighted by atomic mass is 9.90. The summed E-state index contributed by atoms with van der Waals surface area (Å²) >= 11 is 12.0. The van der Waals surface area contributed by atoms with Crippen LogP contribution in [0.4, 0.5) is 0 Å². The fraction of sp³-hybridized carbons (Fsp3) is 0.333. The minimum atomic E-state index is -0.356. The Hall–Kier alpha value is -2.90. The summed E-state index contributed by atoms with van der Waals surface area (Å²) in [7, 11) is 0. The van der Waals surface area contributed by atoms with Gasteiger partial charge in [-0.05, 0) is 55.1 Å². The quantitative estimate of drug-likeness (QED) is 0.335. The van der Waals surface area contributed by atoms with Gasteiger partial charge in [0.25, 0.3) is 5.91 Å². The number of nitrogens with two attached hydrogens (primary N) is 1. The zero-order valence-electron chi connectivity index (χ0n) is 21.3. The molecule has 1 aliphatic rings. The topological polar surface area (TPSA) is 87.5 Å². The van der Waals surface area contributed by atoms with E-state index >= 15 is 0 Å². The highest BCUT2D eigenvalue weighted by molar-refractivity contribution is 6.42. The third-order valence-corrected chi connectivity index (χ3v) is 7.76. The van der Waals surface area contributed by atoms with Crippen molar-refractivity contribution in [1.82, 2.24) is 15.5 Å². The van der Waals surface area contributed by atoms with Crippen molar-refractivity contribution in [2.45, 2.75) is 37.3 Å². The summed E-state index contributed by atoms with van der Waals surface area (Å²) in [5, 5.41) is 7.23. The molecule has 4 N–H and O–H groups in total. The summed E-state index contributed by atoms with van der Waals surface area (Å²) in [5.74, 6) is -0.0569. The van der Waals surface area contributed by atoms with E-state index in [1.807, 2.05) is 41.3 Å². The number of carbonyl (C=O) groups excluding carboxylic acids is 2. The van der Waals surface area contributed by atoms with Gasteiger partial charge in [0, 0.05) is 37.2 Å². The Morgan fingerprint density at radius 1 is 0.974 bits per heavy atom. The van der Waals surface area contributed by atoms with E-state index in [9.17, 15) is 9.59 Å². The number of rotatable bonds is 10. The van der Waals surface area contributed by atoms with E-state index in [4.69, 9.17) is 28.9 Å². The number of hydrogen-bond donors (Lipinski definition) is 3. The van der Waals surface area contributed by atoms with Crippen molar-refractivity contribution in [3.8, 4) is 0 Å². The number of nitrogens with zero attached hydrogens (tertiary/aromatic N) is 1. The van der Waals surface area contributed by atoms with Gasteiger partial charge in [0.15, 0.2) is 0 Å². The molecule has 0 spiro atoms. The smallest absolute Gasteiger partial charge is 0.251 e. The van der Waals surface area contributed by atoms with Gasteiger partial charge >= 0.3 is 0 Å². The van der Waals surface area contributed by atoms with E-state index in [0.29, 0.717) is 54.6 Å². The number of halogens is 2. The van der Waals surface area contributed by atoms with Crippen LogP contribution < -0.4 is 16.4 Å². The zero-order valence-corrected chi connectivity index (χ0v) is 22.8. The molecule has 6 nitrogen and oxygen atoms in total. The largest absolute Gasteiger partial charge is 0.352 e. The molecule has 38 heavy (non-hydrogen) atoms. The molecule has 3 aromatic carbocycles. The minimum Gasteiger partial charge on any atom is -0.352 e. The third-order valence-electron chi connectivity index (χ3n) is 7.02. The van der Waals surface area contributed by atoms with Crippen molar-refractivity contribution in [2.75, 3.05) is 26.2 Å². The molecule has 0 saturated carbocycles. The second-order valence-corrected chi connectivity index (χ2v) is 10.4. The van der Waals surface area contributed by atoms with Crippen LogP contribution in [0.25, 0.3) is 0 Å². The van der Waals surface area contributed by atoms with Gasteiger partial charge in [0.05, 0.1) is 16.1 Å². The predicted molar refractivity (Wildman–Crippen MR) is 154 cm³/mol. The summed E-state index contributed by atoms with van der Waals surface area (Å²) in [5.41, 5.74) is 8.71. The fourth-order valence-electron chi connectivity index (χ4n) is 4.96. The first-order valence-corrected chi connectivity index (χ1v) is 13.8. The summed E-state index contributed by atoms with van der Waals surface area (Å²) in [6, 6.07) is 25.2. The Morgan fingerprint density at radius 3 is 2.24 bits per heavy atom. The monoisotopic (exact) mass is 552 g/mol. The molecule has 0 aromatic heterocycles. The minimum absolute atomic E-state index is 0.0708. The lowest BCUT2D eigenvalue weighted by molar-refractivity contribution is -0.133.